The minimum atomic E-state index is -1.24. The second-order valence-corrected chi connectivity index (χ2v) is 3.84. The lowest BCUT2D eigenvalue weighted by Gasteiger charge is -2.16. The third-order valence-electron chi connectivity index (χ3n) is 1.94. The maximum atomic E-state index is 11.5. The molecule has 0 amide bonds. The molecule has 0 saturated carbocycles. The normalized spacial score (nSPS) is 11.8. The van der Waals surface area contributed by atoms with Gasteiger partial charge in [-0.05, 0) is 13.8 Å². The summed E-state index contributed by atoms with van der Waals surface area (Å²) >= 11 is 0. The topological polar surface area (TPSA) is 78.9 Å². The van der Waals surface area contributed by atoms with E-state index in [0.29, 0.717) is 0 Å². The predicted octanol–water partition coefficient (Wildman–Crippen LogP) is 1.07. The Morgan fingerprint density at radius 2 is 1.50 bits per heavy atom. The Hall–Kier alpha value is -1.59. The third kappa shape index (κ3) is 6.22. The molecule has 0 aromatic heterocycles. The van der Waals surface area contributed by atoms with E-state index in [9.17, 15) is 14.4 Å². The van der Waals surface area contributed by atoms with Crippen LogP contribution in [0.2, 0.25) is 0 Å². The van der Waals surface area contributed by atoms with Crippen molar-refractivity contribution in [3.8, 4) is 0 Å². The molecule has 0 saturated heterocycles. The van der Waals surface area contributed by atoms with Crippen LogP contribution in [0.25, 0.3) is 0 Å². The Morgan fingerprint density at radius 1 is 0.944 bits per heavy atom. The van der Waals surface area contributed by atoms with Crippen molar-refractivity contribution in [2.75, 3.05) is 13.2 Å². The Labute approximate surface area is 107 Å². The first-order chi connectivity index (χ1) is 8.42. The molecule has 0 fully saturated rings. The molecule has 0 radical (unpaired) electrons. The number of esters is 3. The molecule has 0 aliphatic heterocycles. The van der Waals surface area contributed by atoms with Crippen molar-refractivity contribution < 1.29 is 28.6 Å². The van der Waals surface area contributed by atoms with Gasteiger partial charge in [-0.2, -0.15) is 0 Å². The molecule has 0 heterocycles. The average Bonchev–Trinajstić information content (AvgIpc) is 2.28. The van der Waals surface area contributed by atoms with Gasteiger partial charge in [0.2, 0.25) is 6.10 Å². The quantitative estimate of drug-likeness (QED) is 0.503. The summed E-state index contributed by atoms with van der Waals surface area (Å²) in [7, 11) is 0. The number of rotatable bonds is 7. The van der Waals surface area contributed by atoms with Crippen LogP contribution in [0.3, 0.4) is 0 Å². The zero-order chi connectivity index (χ0) is 14.1. The standard InChI is InChI=1S/C12H20O6/c1-5-16-10(13)7-9(12(15)17-6-2)18-11(14)8(3)4/h8-9H,5-7H2,1-4H3/t9-/m0/s1. The van der Waals surface area contributed by atoms with Gasteiger partial charge in [-0.25, -0.2) is 4.79 Å². The monoisotopic (exact) mass is 260 g/mol. The zero-order valence-corrected chi connectivity index (χ0v) is 11.2. The first-order valence-corrected chi connectivity index (χ1v) is 5.95. The summed E-state index contributed by atoms with van der Waals surface area (Å²) in [5.74, 6) is -2.28. The van der Waals surface area contributed by atoms with Gasteiger partial charge in [0.1, 0.15) is 0 Å². The van der Waals surface area contributed by atoms with E-state index in [2.05, 4.69) is 0 Å². The summed E-state index contributed by atoms with van der Waals surface area (Å²) in [4.78, 5) is 34.2. The van der Waals surface area contributed by atoms with Crippen molar-refractivity contribution >= 4 is 17.9 Å². The summed E-state index contributed by atoms with van der Waals surface area (Å²) in [5.41, 5.74) is 0. The molecule has 18 heavy (non-hydrogen) atoms. The highest BCUT2D eigenvalue weighted by Gasteiger charge is 2.28. The van der Waals surface area contributed by atoms with Crippen LogP contribution in [0.4, 0.5) is 0 Å². The third-order valence-corrected chi connectivity index (χ3v) is 1.94. The fourth-order valence-electron chi connectivity index (χ4n) is 1.06. The molecule has 1 atom stereocenters. The van der Waals surface area contributed by atoms with Crippen LogP contribution in [0, 0.1) is 5.92 Å². The highest BCUT2D eigenvalue weighted by Crippen LogP contribution is 2.08. The van der Waals surface area contributed by atoms with E-state index in [1.54, 1.807) is 27.7 Å². The van der Waals surface area contributed by atoms with Crippen LogP contribution < -0.4 is 0 Å². The summed E-state index contributed by atoms with van der Waals surface area (Å²) < 4.78 is 14.4. The van der Waals surface area contributed by atoms with Gasteiger partial charge in [-0.15, -0.1) is 0 Å². The fraction of sp³-hybridized carbons (Fsp3) is 0.750. The fourth-order valence-corrected chi connectivity index (χ4v) is 1.06. The Bertz CT molecular complexity index is 297. The molecule has 0 bridgehead atoms. The second kappa shape index (κ2) is 8.49. The minimum absolute atomic E-state index is 0.150. The molecule has 6 heteroatoms. The molecule has 0 aromatic rings. The van der Waals surface area contributed by atoms with Crippen LogP contribution in [0.15, 0.2) is 0 Å². The average molecular weight is 260 g/mol. The highest BCUT2D eigenvalue weighted by molar-refractivity contribution is 5.84. The van der Waals surface area contributed by atoms with Crippen molar-refractivity contribution in [3.63, 3.8) is 0 Å². The van der Waals surface area contributed by atoms with Gasteiger partial charge in [0, 0.05) is 0 Å². The zero-order valence-electron chi connectivity index (χ0n) is 11.2. The molecular weight excluding hydrogens is 240 g/mol. The van der Waals surface area contributed by atoms with Gasteiger partial charge in [-0.3, -0.25) is 9.59 Å². The minimum Gasteiger partial charge on any atom is -0.466 e. The van der Waals surface area contributed by atoms with Crippen LogP contribution in [-0.2, 0) is 28.6 Å². The number of ether oxygens (including phenoxy) is 3. The van der Waals surface area contributed by atoms with Crippen LogP contribution in [0.5, 0.6) is 0 Å². The van der Waals surface area contributed by atoms with Crippen molar-refractivity contribution in [2.24, 2.45) is 5.92 Å². The van der Waals surface area contributed by atoms with E-state index in [4.69, 9.17) is 14.2 Å². The number of carbonyl (C=O) groups excluding carboxylic acids is 3. The lowest BCUT2D eigenvalue weighted by atomic mass is 10.2. The number of hydrogen-bond donors (Lipinski definition) is 0. The van der Waals surface area contributed by atoms with Crippen molar-refractivity contribution in [3.05, 3.63) is 0 Å². The second-order valence-electron chi connectivity index (χ2n) is 3.84. The SMILES string of the molecule is CCOC(=O)C[C@H](OC(=O)C(C)C)C(=O)OCC. The van der Waals surface area contributed by atoms with E-state index in [1.165, 1.54) is 0 Å². The van der Waals surface area contributed by atoms with Gasteiger partial charge in [0.05, 0.1) is 25.6 Å². The molecule has 6 nitrogen and oxygen atoms in total. The highest BCUT2D eigenvalue weighted by atomic mass is 16.6. The molecule has 0 spiro atoms. The van der Waals surface area contributed by atoms with Crippen LogP contribution in [-0.4, -0.2) is 37.2 Å². The number of carbonyl (C=O) groups is 3. The molecule has 0 rings (SSSR count). The Balaban J connectivity index is 4.56. The van der Waals surface area contributed by atoms with Crippen LogP contribution >= 0.6 is 0 Å². The maximum Gasteiger partial charge on any atom is 0.348 e. The van der Waals surface area contributed by atoms with E-state index < -0.39 is 24.0 Å². The first-order valence-electron chi connectivity index (χ1n) is 5.95. The van der Waals surface area contributed by atoms with Crippen molar-refractivity contribution in [1.82, 2.24) is 0 Å². The Morgan fingerprint density at radius 3 is 1.94 bits per heavy atom. The van der Waals surface area contributed by atoms with Gasteiger partial charge < -0.3 is 14.2 Å². The summed E-state index contributed by atoms with van der Waals surface area (Å²) in [5, 5.41) is 0. The Kier molecular flexibility index (Phi) is 7.74. The van der Waals surface area contributed by atoms with Crippen LogP contribution in [0.1, 0.15) is 34.1 Å². The molecule has 0 N–H and O–H groups in total. The summed E-state index contributed by atoms with van der Waals surface area (Å²) in [6, 6.07) is 0. The molecule has 0 aliphatic carbocycles. The molecule has 104 valence electrons. The van der Waals surface area contributed by atoms with Gasteiger partial charge in [0.15, 0.2) is 0 Å². The first kappa shape index (κ1) is 16.4. The van der Waals surface area contributed by atoms with E-state index in [0.717, 1.165) is 0 Å². The van der Waals surface area contributed by atoms with Gasteiger partial charge >= 0.3 is 17.9 Å². The number of hydrogen-bond acceptors (Lipinski definition) is 6. The van der Waals surface area contributed by atoms with E-state index in [1.807, 2.05) is 0 Å². The molecule has 0 aliphatic rings. The molecule has 0 unspecified atom stereocenters. The van der Waals surface area contributed by atoms with E-state index >= 15 is 0 Å². The molecule has 0 aromatic carbocycles. The van der Waals surface area contributed by atoms with Gasteiger partial charge in [-0.1, -0.05) is 13.8 Å². The maximum absolute atomic E-state index is 11.5. The van der Waals surface area contributed by atoms with E-state index in [-0.39, 0.29) is 25.6 Å². The lowest BCUT2D eigenvalue weighted by molar-refractivity contribution is -0.173. The molecular formula is C12H20O6. The summed E-state index contributed by atoms with van der Waals surface area (Å²) in [6.07, 6.45) is -1.57. The largest absolute Gasteiger partial charge is 0.466 e. The van der Waals surface area contributed by atoms with Crippen molar-refractivity contribution in [1.29, 1.82) is 0 Å². The predicted molar refractivity (Wildman–Crippen MR) is 62.6 cm³/mol. The van der Waals surface area contributed by atoms with Crippen molar-refractivity contribution in [2.45, 2.75) is 40.2 Å². The smallest absolute Gasteiger partial charge is 0.348 e. The summed E-state index contributed by atoms with van der Waals surface area (Å²) in [6.45, 7) is 6.90. The van der Waals surface area contributed by atoms with Gasteiger partial charge in [0.25, 0.3) is 0 Å². The lowest BCUT2D eigenvalue weighted by Crippen LogP contribution is -2.33.